The van der Waals surface area contributed by atoms with Crippen molar-refractivity contribution in [3.05, 3.63) is 56.7 Å². The molecule has 1 aromatic carbocycles. The number of aromatic nitrogens is 1. The van der Waals surface area contributed by atoms with Crippen molar-refractivity contribution < 1.29 is 4.39 Å². The van der Waals surface area contributed by atoms with Gasteiger partial charge < -0.3 is 5.73 Å². The average molecular weight is 273 g/mol. The standard InChI is InChI=1S/C11H7Cl2FN2O/c12-6-3-8(13)11(17)16(5-6)7-1-2-10(15)9(14)4-7/h1-5H,15H2. The lowest BCUT2D eigenvalue weighted by atomic mass is 10.2. The molecule has 0 unspecified atom stereocenters. The van der Waals surface area contributed by atoms with Crippen LogP contribution in [0.25, 0.3) is 5.69 Å². The number of hydrogen-bond donors (Lipinski definition) is 1. The normalized spacial score (nSPS) is 10.5. The molecule has 3 nitrogen and oxygen atoms in total. The molecule has 0 spiro atoms. The largest absolute Gasteiger partial charge is 0.396 e. The monoisotopic (exact) mass is 272 g/mol. The lowest BCUT2D eigenvalue weighted by Crippen LogP contribution is -2.18. The molecule has 88 valence electrons. The van der Waals surface area contributed by atoms with Crippen LogP contribution in [0.4, 0.5) is 10.1 Å². The maximum atomic E-state index is 13.3. The number of anilines is 1. The molecule has 6 heteroatoms. The third-order valence-electron chi connectivity index (χ3n) is 2.20. The number of nitrogens with two attached hydrogens (primary N) is 1. The van der Waals surface area contributed by atoms with E-state index >= 15 is 0 Å². The number of hydrogen-bond acceptors (Lipinski definition) is 2. The Morgan fingerprint density at radius 3 is 2.59 bits per heavy atom. The van der Waals surface area contributed by atoms with Crippen LogP contribution in [-0.2, 0) is 0 Å². The molecule has 2 rings (SSSR count). The molecule has 1 aromatic heterocycles. The van der Waals surface area contributed by atoms with E-state index in [1.807, 2.05) is 0 Å². The van der Waals surface area contributed by atoms with E-state index in [-0.39, 0.29) is 15.7 Å². The molecular weight excluding hydrogens is 266 g/mol. The zero-order chi connectivity index (χ0) is 12.6. The first-order valence-electron chi connectivity index (χ1n) is 4.62. The number of halogens is 3. The van der Waals surface area contributed by atoms with Crippen molar-refractivity contribution in [2.45, 2.75) is 0 Å². The molecule has 0 atom stereocenters. The summed E-state index contributed by atoms with van der Waals surface area (Å²) in [4.78, 5) is 11.7. The van der Waals surface area contributed by atoms with Crippen molar-refractivity contribution in [3.63, 3.8) is 0 Å². The van der Waals surface area contributed by atoms with Crippen LogP contribution >= 0.6 is 23.2 Å². The Hall–Kier alpha value is -1.52. The van der Waals surface area contributed by atoms with E-state index < -0.39 is 11.4 Å². The Kier molecular flexibility index (Phi) is 3.09. The fourth-order valence-electron chi connectivity index (χ4n) is 1.37. The predicted molar refractivity (Wildman–Crippen MR) is 66.4 cm³/mol. The minimum Gasteiger partial charge on any atom is -0.396 e. The molecule has 2 aromatic rings. The van der Waals surface area contributed by atoms with Gasteiger partial charge in [0.2, 0.25) is 0 Å². The predicted octanol–water partition coefficient (Wildman–Crippen LogP) is 2.87. The van der Waals surface area contributed by atoms with Crippen molar-refractivity contribution in [2.24, 2.45) is 0 Å². The van der Waals surface area contributed by atoms with Gasteiger partial charge >= 0.3 is 0 Å². The first-order chi connectivity index (χ1) is 7.99. The quantitative estimate of drug-likeness (QED) is 0.812. The van der Waals surface area contributed by atoms with Crippen molar-refractivity contribution in [1.29, 1.82) is 0 Å². The molecule has 0 fully saturated rings. The van der Waals surface area contributed by atoms with E-state index in [9.17, 15) is 9.18 Å². The van der Waals surface area contributed by atoms with Gasteiger partial charge in [-0.2, -0.15) is 0 Å². The van der Waals surface area contributed by atoms with Crippen LogP contribution in [-0.4, -0.2) is 4.57 Å². The van der Waals surface area contributed by atoms with Gasteiger partial charge in [-0.3, -0.25) is 9.36 Å². The SMILES string of the molecule is Nc1ccc(-n2cc(Cl)cc(Cl)c2=O)cc1F. The molecule has 17 heavy (non-hydrogen) atoms. The highest BCUT2D eigenvalue weighted by Gasteiger charge is 2.07. The summed E-state index contributed by atoms with van der Waals surface area (Å²) in [5.41, 5.74) is 5.20. The lowest BCUT2D eigenvalue weighted by Gasteiger charge is -2.07. The summed E-state index contributed by atoms with van der Waals surface area (Å²) < 4.78 is 14.5. The molecule has 0 amide bonds. The number of pyridine rings is 1. The van der Waals surface area contributed by atoms with Crippen LogP contribution < -0.4 is 11.3 Å². The van der Waals surface area contributed by atoms with Crippen molar-refractivity contribution in [1.82, 2.24) is 4.57 Å². The molecule has 0 saturated carbocycles. The third-order valence-corrected chi connectivity index (χ3v) is 2.68. The Morgan fingerprint density at radius 2 is 1.94 bits per heavy atom. The summed E-state index contributed by atoms with van der Waals surface area (Å²) in [7, 11) is 0. The van der Waals surface area contributed by atoms with Gasteiger partial charge in [0.05, 0.1) is 16.4 Å². The first-order valence-corrected chi connectivity index (χ1v) is 5.38. The van der Waals surface area contributed by atoms with Crippen LogP contribution in [0.2, 0.25) is 10.0 Å². The van der Waals surface area contributed by atoms with Gasteiger partial charge in [0, 0.05) is 12.3 Å². The highest BCUT2D eigenvalue weighted by atomic mass is 35.5. The zero-order valence-corrected chi connectivity index (χ0v) is 9.97. The van der Waals surface area contributed by atoms with Gasteiger partial charge in [-0.25, -0.2) is 4.39 Å². The fourth-order valence-corrected chi connectivity index (χ4v) is 1.85. The molecule has 0 saturated heterocycles. The number of benzene rings is 1. The van der Waals surface area contributed by atoms with Crippen LogP contribution in [0.1, 0.15) is 0 Å². The van der Waals surface area contributed by atoms with Crippen molar-refractivity contribution in [2.75, 3.05) is 5.73 Å². The van der Waals surface area contributed by atoms with Crippen molar-refractivity contribution >= 4 is 28.9 Å². The smallest absolute Gasteiger partial charge is 0.273 e. The van der Waals surface area contributed by atoms with Gasteiger partial charge in [-0.1, -0.05) is 23.2 Å². The van der Waals surface area contributed by atoms with Gasteiger partial charge in [0.15, 0.2) is 0 Å². The van der Waals surface area contributed by atoms with E-state index in [1.165, 1.54) is 24.4 Å². The van der Waals surface area contributed by atoms with E-state index in [0.717, 1.165) is 10.6 Å². The summed E-state index contributed by atoms with van der Waals surface area (Å²) in [5.74, 6) is -0.606. The highest BCUT2D eigenvalue weighted by molar-refractivity contribution is 6.34. The topological polar surface area (TPSA) is 48.0 Å². The second-order valence-corrected chi connectivity index (χ2v) is 4.23. The van der Waals surface area contributed by atoms with Crippen molar-refractivity contribution in [3.8, 4) is 5.69 Å². The lowest BCUT2D eigenvalue weighted by molar-refractivity contribution is 0.631. The Balaban J connectivity index is 2.68. The van der Waals surface area contributed by atoms with Crippen LogP contribution in [0.3, 0.4) is 0 Å². The maximum Gasteiger partial charge on any atom is 0.273 e. The summed E-state index contributed by atoms with van der Waals surface area (Å²) in [5, 5.41) is 0.251. The van der Waals surface area contributed by atoms with Gasteiger partial charge in [-0.05, 0) is 18.2 Å². The van der Waals surface area contributed by atoms with Gasteiger partial charge in [0.1, 0.15) is 10.8 Å². The maximum absolute atomic E-state index is 13.3. The summed E-state index contributed by atoms with van der Waals surface area (Å²) >= 11 is 11.5. The van der Waals surface area contributed by atoms with E-state index in [0.29, 0.717) is 5.69 Å². The molecule has 0 aliphatic rings. The Labute approximate surface area is 106 Å². The second-order valence-electron chi connectivity index (χ2n) is 3.39. The zero-order valence-electron chi connectivity index (χ0n) is 8.45. The highest BCUT2D eigenvalue weighted by Crippen LogP contribution is 2.18. The van der Waals surface area contributed by atoms with E-state index in [4.69, 9.17) is 28.9 Å². The van der Waals surface area contributed by atoms with Crippen LogP contribution in [0, 0.1) is 5.82 Å². The Morgan fingerprint density at radius 1 is 1.24 bits per heavy atom. The number of rotatable bonds is 1. The van der Waals surface area contributed by atoms with Gasteiger partial charge in [0.25, 0.3) is 5.56 Å². The summed E-state index contributed by atoms with van der Waals surface area (Å²) in [6.07, 6.45) is 1.36. The van der Waals surface area contributed by atoms with E-state index in [1.54, 1.807) is 0 Å². The number of nitrogens with zero attached hydrogens (tertiary/aromatic N) is 1. The molecule has 0 bridgehead atoms. The Bertz CT molecular complexity index is 640. The molecular formula is C11H7Cl2FN2O. The van der Waals surface area contributed by atoms with Gasteiger partial charge in [-0.15, -0.1) is 0 Å². The molecule has 0 radical (unpaired) electrons. The fraction of sp³-hybridized carbons (Fsp3) is 0. The summed E-state index contributed by atoms with van der Waals surface area (Å²) in [6.45, 7) is 0. The van der Waals surface area contributed by atoms with E-state index in [2.05, 4.69) is 0 Å². The second kappa shape index (κ2) is 4.39. The molecule has 1 heterocycles. The minimum atomic E-state index is -0.606. The first kappa shape index (κ1) is 12.0. The van der Waals surface area contributed by atoms with Crippen LogP contribution in [0.15, 0.2) is 35.3 Å². The summed E-state index contributed by atoms with van der Waals surface area (Å²) in [6, 6.07) is 5.34. The molecule has 2 N–H and O–H groups in total. The van der Waals surface area contributed by atoms with Crippen LogP contribution in [0.5, 0.6) is 0 Å². The molecule has 0 aliphatic heterocycles. The minimum absolute atomic E-state index is 0.00919. The molecule has 0 aliphatic carbocycles. The number of nitrogen functional groups attached to an aromatic ring is 1. The third kappa shape index (κ3) is 2.28. The average Bonchev–Trinajstić information content (AvgIpc) is 2.27.